The second-order valence-corrected chi connectivity index (χ2v) is 3.57. The van der Waals surface area contributed by atoms with Crippen LogP contribution in [0.25, 0.3) is 0 Å². The van der Waals surface area contributed by atoms with Gasteiger partial charge in [-0.2, -0.15) is 13.2 Å². The Morgan fingerprint density at radius 1 is 1.41 bits per heavy atom. The van der Waals surface area contributed by atoms with E-state index in [1.165, 1.54) is 18.2 Å². The van der Waals surface area contributed by atoms with E-state index in [2.05, 4.69) is 0 Å². The van der Waals surface area contributed by atoms with Crippen molar-refractivity contribution in [2.24, 2.45) is 0 Å². The quantitative estimate of drug-likeness (QED) is 0.815. The lowest BCUT2D eigenvalue weighted by Crippen LogP contribution is -2.11. The molecule has 0 aliphatic rings. The highest BCUT2D eigenvalue weighted by Crippen LogP contribution is 2.31. The third-order valence-corrected chi connectivity index (χ3v) is 2.07. The number of hydrogen-bond acceptors (Lipinski definition) is 2. The van der Waals surface area contributed by atoms with Gasteiger partial charge in [0.2, 0.25) is 0 Å². The standard InChI is InChI=1S/C12H13F3O2/c1-9(4-3-7-16)17-11-6-2-5-10(8-11)12(13,14)15/h2-3,5-9,16H,4H2,1H3/b7-3+. The summed E-state index contributed by atoms with van der Waals surface area (Å²) in [5.41, 5.74) is -0.736. The van der Waals surface area contributed by atoms with Crippen molar-refractivity contribution < 1.29 is 23.0 Å². The molecule has 5 heteroatoms. The number of alkyl halides is 3. The van der Waals surface area contributed by atoms with Gasteiger partial charge in [-0.15, -0.1) is 0 Å². The monoisotopic (exact) mass is 246 g/mol. The molecule has 2 nitrogen and oxygen atoms in total. The highest BCUT2D eigenvalue weighted by molar-refractivity contribution is 5.30. The first kappa shape index (κ1) is 13.4. The summed E-state index contributed by atoms with van der Waals surface area (Å²) in [4.78, 5) is 0. The Kier molecular flexibility index (Phi) is 4.43. The molecule has 1 rings (SSSR count). The molecule has 0 aromatic heterocycles. The molecule has 94 valence electrons. The largest absolute Gasteiger partial charge is 0.516 e. The zero-order chi connectivity index (χ0) is 12.9. The fourth-order valence-corrected chi connectivity index (χ4v) is 1.28. The molecule has 0 fully saturated rings. The summed E-state index contributed by atoms with van der Waals surface area (Å²) < 4.78 is 42.5. The van der Waals surface area contributed by atoms with Crippen molar-refractivity contribution in [1.29, 1.82) is 0 Å². The van der Waals surface area contributed by atoms with E-state index in [-0.39, 0.29) is 11.9 Å². The summed E-state index contributed by atoms with van der Waals surface area (Å²) in [7, 11) is 0. The predicted octanol–water partition coefficient (Wildman–Crippen LogP) is 3.93. The molecular formula is C12H13F3O2. The first-order valence-corrected chi connectivity index (χ1v) is 5.06. The fraction of sp³-hybridized carbons (Fsp3) is 0.333. The van der Waals surface area contributed by atoms with Crippen molar-refractivity contribution in [2.75, 3.05) is 0 Å². The predicted molar refractivity (Wildman–Crippen MR) is 57.9 cm³/mol. The molecule has 1 aromatic rings. The Morgan fingerprint density at radius 3 is 2.71 bits per heavy atom. The second-order valence-electron chi connectivity index (χ2n) is 3.57. The minimum atomic E-state index is -4.37. The molecule has 0 aliphatic heterocycles. The summed E-state index contributed by atoms with van der Waals surface area (Å²) in [5.74, 6) is 0.165. The van der Waals surface area contributed by atoms with Crippen LogP contribution in [0.5, 0.6) is 5.75 Å². The van der Waals surface area contributed by atoms with E-state index in [0.29, 0.717) is 6.42 Å². The van der Waals surface area contributed by atoms with Gasteiger partial charge in [-0.3, -0.25) is 0 Å². The summed E-state index contributed by atoms with van der Waals surface area (Å²) in [6, 6.07) is 4.71. The number of halogens is 3. The van der Waals surface area contributed by atoms with Crippen LogP contribution >= 0.6 is 0 Å². The maximum atomic E-state index is 12.4. The van der Waals surface area contributed by atoms with Crippen molar-refractivity contribution in [3.05, 3.63) is 42.2 Å². The molecule has 1 N–H and O–H groups in total. The lowest BCUT2D eigenvalue weighted by Gasteiger charge is -2.14. The molecule has 1 aromatic carbocycles. The Morgan fingerprint density at radius 2 is 2.12 bits per heavy atom. The smallest absolute Gasteiger partial charge is 0.416 e. The molecule has 0 amide bonds. The van der Waals surface area contributed by atoms with Crippen LogP contribution in [0.4, 0.5) is 13.2 Å². The first-order chi connectivity index (χ1) is 7.93. The zero-order valence-corrected chi connectivity index (χ0v) is 9.24. The van der Waals surface area contributed by atoms with Crippen LogP contribution in [0.15, 0.2) is 36.6 Å². The number of ether oxygens (including phenoxy) is 1. The molecule has 0 bridgehead atoms. The maximum absolute atomic E-state index is 12.4. The van der Waals surface area contributed by atoms with Gasteiger partial charge in [0.1, 0.15) is 5.75 Å². The minimum Gasteiger partial charge on any atom is -0.516 e. The van der Waals surface area contributed by atoms with Gasteiger partial charge in [-0.05, 0) is 31.2 Å². The van der Waals surface area contributed by atoms with Gasteiger partial charge in [0.15, 0.2) is 0 Å². The molecule has 0 heterocycles. The lowest BCUT2D eigenvalue weighted by molar-refractivity contribution is -0.137. The van der Waals surface area contributed by atoms with Crippen LogP contribution in [0.2, 0.25) is 0 Å². The van der Waals surface area contributed by atoms with E-state index in [9.17, 15) is 13.2 Å². The summed E-state index contributed by atoms with van der Waals surface area (Å²) in [5, 5.41) is 8.45. The number of aliphatic hydroxyl groups excluding tert-OH is 1. The third kappa shape index (κ3) is 4.38. The SMILES string of the molecule is CC(C/C=C/O)Oc1cccc(C(F)(F)F)c1. The molecule has 17 heavy (non-hydrogen) atoms. The van der Waals surface area contributed by atoms with Crippen molar-refractivity contribution in [2.45, 2.75) is 25.6 Å². The highest BCUT2D eigenvalue weighted by atomic mass is 19.4. The molecular weight excluding hydrogens is 233 g/mol. The average Bonchev–Trinajstić information content (AvgIpc) is 2.25. The van der Waals surface area contributed by atoms with E-state index >= 15 is 0 Å². The second kappa shape index (κ2) is 5.61. The molecule has 0 spiro atoms. The average molecular weight is 246 g/mol. The fourth-order valence-electron chi connectivity index (χ4n) is 1.28. The van der Waals surface area contributed by atoms with E-state index < -0.39 is 11.7 Å². The number of rotatable bonds is 4. The van der Waals surface area contributed by atoms with Gasteiger partial charge in [0, 0.05) is 6.42 Å². The van der Waals surface area contributed by atoms with Crippen LogP contribution in [0.1, 0.15) is 18.9 Å². The minimum absolute atomic E-state index is 0.165. The van der Waals surface area contributed by atoms with E-state index in [4.69, 9.17) is 9.84 Å². The van der Waals surface area contributed by atoms with E-state index in [0.717, 1.165) is 18.4 Å². The van der Waals surface area contributed by atoms with Gasteiger partial charge in [0.25, 0.3) is 0 Å². The number of hydrogen-bond donors (Lipinski definition) is 1. The van der Waals surface area contributed by atoms with Crippen LogP contribution in [0, 0.1) is 0 Å². The number of aliphatic hydroxyl groups is 1. The summed E-state index contributed by atoms with van der Waals surface area (Å²) >= 11 is 0. The molecule has 0 saturated carbocycles. The van der Waals surface area contributed by atoms with Crippen molar-refractivity contribution in [3.8, 4) is 5.75 Å². The maximum Gasteiger partial charge on any atom is 0.416 e. The Balaban J connectivity index is 2.72. The topological polar surface area (TPSA) is 29.5 Å². The van der Waals surface area contributed by atoms with Crippen molar-refractivity contribution in [1.82, 2.24) is 0 Å². The van der Waals surface area contributed by atoms with Gasteiger partial charge in [0.05, 0.1) is 17.9 Å². The molecule has 0 saturated heterocycles. The van der Waals surface area contributed by atoms with E-state index in [1.54, 1.807) is 6.92 Å². The zero-order valence-electron chi connectivity index (χ0n) is 9.24. The normalized spacial score (nSPS) is 13.9. The van der Waals surface area contributed by atoms with Gasteiger partial charge < -0.3 is 9.84 Å². The number of benzene rings is 1. The van der Waals surface area contributed by atoms with Crippen molar-refractivity contribution >= 4 is 0 Å². The summed E-state index contributed by atoms with van der Waals surface area (Å²) in [6.45, 7) is 1.71. The molecule has 1 unspecified atom stereocenters. The van der Waals surface area contributed by atoms with Gasteiger partial charge in [-0.1, -0.05) is 6.07 Å². The highest BCUT2D eigenvalue weighted by Gasteiger charge is 2.30. The summed E-state index contributed by atoms with van der Waals surface area (Å²) in [6.07, 6.45) is -1.90. The Bertz CT molecular complexity index is 386. The third-order valence-electron chi connectivity index (χ3n) is 2.07. The van der Waals surface area contributed by atoms with Crippen LogP contribution in [-0.2, 0) is 6.18 Å². The molecule has 1 atom stereocenters. The molecule has 0 radical (unpaired) electrons. The van der Waals surface area contributed by atoms with Crippen LogP contribution in [-0.4, -0.2) is 11.2 Å². The van der Waals surface area contributed by atoms with Crippen LogP contribution < -0.4 is 4.74 Å². The molecule has 0 aliphatic carbocycles. The van der Waals surface area contributed by atoms with E-state index in [1.807, 2.05) is 0 Å². The Labute approximate surface area is 97.3 Å². The van der Waals surface area contributed by atoms with Gasteiger partial charge in [-0.25, -0.2) is 0 Å². The lowest BCUT2D eigenvalue weighted by atomic mass is 10.2. The van der Waals surface area contributed by atoms with Gasteiger partial charge >= 0.3 is 6.18 Å². The van der Waals surface area contributed by atoms with Crippen LogP contribution in [0.3, 0.4) is 0 Å². The van der Waals surface area contributed by atoms with Crippen molar-refractivity contribution in [3.63, 3.8) is 0 Å². The first-order valence-electron chi connectivity index (χ1n) is 5.06. The Hall–Kier alpha value is -1.65.